The van der Waals surface area contributed by atoms with Gasteiger partial charge >= 0.3 is 23.9 Å². The van der Waals surface area contributed by atoms with Crippen LogP contribution in [0, 0.1) is 0 Å². The van der Waals surface area contributed by atoms with Gasteiger partial charge in [0.25, 0.3) is 0 Å². The normalized spacial score (nSPS) is 12.2. The zero-order valence-electron chi connectivity index (χ0n) is 27.0. The lowest BCUT2D eigenvalue weighted by Gasteiger charge is -2.18. The molecule has 8 heteroatoms. The smallest absolute Gasteiger partial charge is 0.333 e. The second-order valence-electron chi connectivity index (χ2n) is 11.2. The SMILES string of the molecule is C=C(C)C(=O)OC(CCCCC)CCCCOC(=O)CCCCC(=O)OCCCCC(CCCCC)OC(=O)C(=C)C. The van der Waals surface area contributed by atoms with Crippen molar-refractivity contribution in [3.8, 4) is 0 Å². The van der Waals surface area contributed by atoms with Gasteiger partial charge in [-0.1, -0.05) is 52.7 Å². The molecule has 0 saturated heterocycles. The van der Waals surface area contributed by atoms with E-state index in [9.17, 15) is 19.2 Å². The van der Waals surface area contributed by atoms with E-state index in [4.69, 9.17) is 18.9 Å². The molecule has 2 atom stereocenters. The molecule has 0 radical (unpaired) electrons. The molecule has 0 aromatic heterocycles. The van der Waals surface area contributed by atoms with E-state index in [0.717, 1.165) is 77.0 Å². The van der Waals surface area contributed by atoms with E-state index in [2.05, 4.69) is 27.0 Å². The van der Waals surface area contributed by atoms with Crippen molar-refractivity contribution in [1.82, 2.24) is 0 Å². The third kappa shape index (κ3) is 23.0. The Morgan fingerprint density at radius 1 is 0.524 bits per heavy atom. The van der Waals surface area contributed by atoms with Gasteiger partial charge in [-0.15, -0.1) is 0 Å². The van der Waals surface area contributed by atoms with E-state index in [0.29, 0.717) is 50.0 Å². The molecule has 0 fully saturated rings. The number of carbonyl (C=O) groups is 4. The number of rotatable bonds is 27. The van der Waals surface area contributed by atoms with Crippen LogP contribution in [0.15, 0.2) is 24.3 Å². The molecule has 0 aromatic rings. The van der Waals surface area contributed by atoms with Crippen LogP contribution in [0.5, 0.6) is 0 Å². The van der Waals surface area contributed by atoms with Gasteiger partial charge in [-0.25, -0.2) is 9.59 Å². The molecule has 0 aromatic carbocycles. The molecule has 0 rings (SSSR count). The van der Waals surface area contributed by atoms with E-state index >= 15 is 0 Å². The molecule has 0 spiro atoms. The highest BCUT2D eigenvalue weighted by Gasteiger charge is 2.16. The van der Waals surface area contributed by atoms with Gasteiger partial charge < -0.3 is 18.9 Å². The Balaban J connectivity index is 3.98. The van der Waals surface area contributed by atoms with Crippen molar-refractivity contribution in [2.45, 2.75) is 155 Å². The van der Waals surface area contributed by atoms with Gasteiger partial charge in [-0.05, 0) is 90.9 Å². The van der Waals surface area contributed by atoms with E-state index in [1.54, 1.807) is 13.8 Å². The maximum absolute atomic E-state index is 12.0. The van der Waals surface area contributed by atoms with E-state index in [1.807, 2.05) is 0 Å². The second-order valence-corrected chi connectivity index (χ2v) is 11.2. The molecule has 242 valence electrons. The Kier molecular flexibility index (Phi) is 24.4. The first-order valence-electron chi connectivity index (χ1n) is 16.1. The topological polar surface area (TPSA) is 105 Å². The lowest BCUT2D eigenvalue weighted by molar-refractivity contribution is -0.147. The van der Waals surface area contributed by atoms with Crippen molar-refractivity contribution in [3.63, 3.8) is 0 Å². The van der Waals surface area contributed by atoms with Gasteiger partial charge in [0.05, 0.1) is 13.2 Å². The number of hydrogen-bond acceptors (Lipinski definition) is 8. The molecule has 0 aliphatic carbocycles. The number of esters is 4. The summed E-state index contributed by atoms with van der Waals surface area (Å²) in [5.41, 5.74) is 0.805. The van der Waals surface area contributed by atoms with Crippen LogP contribution >= 0.6 is 0 Å². The molecule has 8 nitrogen and oxygen atoms in total. The summed E-state index contributed by atoms with van der Waals surface area (Å²) in [5, 5.41) is 0. The summed E-state index contributed by atoms with van der Waals surface area (Å²) in [6.45, 7) is 15.5. The van der Waals surface area contributed by atoms with Crippen LogP contribution in [0.2, 0.25) is 0 Å². The minimum atomic E-state index is -0.350. The highest BCUT2D eigenvalue weighted by atomic mass is 16.6. The van der Waals surface area contributed by atoms with Gasteiger partial charge in [0.2, 0.25) is 0 Å². The Labute approximate surface area is 255 Å². The lowest BCUT2D eigenvalue weighted by atomic mass is 10.0. The largest absolute Gasteiger partial charge is 0.466 e. The summed E-state index contributed by atoms with van der Waals surface area (Å²) < 4.78 is 21.7. The maximum Gasteiger partial charge on any atom is 0.333 e. The van der Waals surface area contributed by atoms with Crippen molar-refractivity contribution in [1.29, 1.82) is 0 Å². The quantitative estimate of drug-likeness (QED) is 0.0406. The van der Waals surface area contributed by atoms with Crippen molar-refractivity contribution < 1.29 is 38.1 Å². The van der Waals surface area contributed by atoms with Crippen molar-refractivity contribution in [3.05, 3.63) is 24.3 Å². The summed E-state index contributed by atoms with van der Waals surface area (Å²) in [5.74, 6) is -1.23. The van der Waals surface area contributed by atoms with Crippen molar-refractivity contribution in [2.24, 2.45) is 0 Å². The zero-order valence-corrected chi connectivity index (χ0v) is 27.0. The Hall–Kier alpha value is -2.64. The monoisotopic (exact) mass is 594 g/mol. The van der Waals surface area contributed by atoms with Crippen LogP contribution in [0.25, 0.3) is 0 Å². The fraction of sp³-hybridized carbons (Fsp3) is 0.765. The molecular formula is C34H58O8. The summed E-state index contributed by atoms with van der Waals surface area (Å²) in [7, 11) is 0. The van der Waals surface area contributed by atoms with Gasteiger partial charge in [-0.2, -0.15) is 0 Å². The number of unbranched alkanes of at least 4 members (excludes halogenated alkanes) is 7. The highest BCUT2D eigenvalue weighted by Crippen LogP contribution is 2.17. The third-order valence-corrected chi connectivity index (χ3v) is 6.88. The molecular weight excluding hydrogens is 536 g/mol. The molecule has 0 N–H and O–H groups in total. The molecule has 42 heavy (non-hydrogen) atoms. The van der Waals surface area contributed by atoms with Gasteiger partial charge in [0.15, 0.2) is 0 Å². The summed E-state index contributed by atoms with van der Waals surface area (Å²) in [4.78, 5) is 47.8. The van der Waals surface area contributed by atoms with Gasteiger partial charge in [-0.3, -0.25) is 9.59 Å². The first-order chi connectivity index (χ1) is 20.1. The number of hydrogen-bond donors (Lipinski definition) is 0. The van der Waals surface area contributed by atoms with E-state index in [1.165, 1.54) is 0 Å². The number of carbonyl (C=O) groups excluding carboxylic acids is 4. The fourth-order valence-corrected chi connectivity index (χ4v) is 4.28. The van der Waals surface area contributed by atoms with Crippen molar-refractivity contribution >= 4 is 23.9 Å². The van der Waals surface area contributed by atoms with Crippen LogP contribution in [-0.2, 0) is 38.1 Å². The van der Waals surface area contributed by atoms with Crippen molar-refractivity contribution in [2.75, 3.05) is 13.2 Å². The summed E-state index contributed by atoms with van der Waals surface area (Å²) in [6.07, 6.45) is 14.0. The molecule has 0 saturated carbocycles. The van der Waals surface area contributed by atoms with E-state index in [-0.39, 0.29) is 48.9 Å². The maximum atomic E-state index is 12.0. The highest BCUT2D eigenvalue weighted by molar-refractivity contribution is 5.87. The first kappa shape index (κ1) is 39.4. The van der Waals surface area contributed by atoms with Gasteiger partial charge in [0, 0.05) is 24.0 Å². The molecule has 0 aliphatic heterocycles. The Bertz CT molecular complexity index is 737. The minimum absolute atomic E-state index is 0.130. The van der Waals surface area contributed by atoms with Crippen LogP contribution in [0.4, 0.5) is 0 Å². The van der Waals surface area contributed by atoms with Gasteiger partial charge in [0.1, 0.15) is 12.2 Å². The standard InChI is InChI=1S/C34H58O8/c1-7-9-11-19-29(41-33(37)27(3)4)21-15-17-25-39-31(35)23-13-14-24-32(36)40-26-18-16-22-30(20-12-10-8-2)42-34(38)28(5)6/h29-30H,3,5,7-26H2,1-2,4,6H3. The predicted molar refractivity (Wildman–Crippen MR) is 166 cm³/mol. The molecule has 0 bridgehead atoms. The lowest BCUT2D eigenvalue weighted by Crippen LogP contribution is -2.19. The van der Waals surface area contributed by atoms with Crippen LogP contribution in [0.3, 0.4) is 0 Å². The van der Waals surface area contributed by atoms with Crippen LogP contribution in [0.1, 0.15) is 143 Å². The van der Waals surface area contributed by atoms with E-state index < -0.39 is 0 Å². The molecule has 2 unspecified atom stereocenters. The Morgan fingerprint density at radius 2 is 0.857 bits per heavy atom. The Morgan fingerprint density at radius 3 is 1.17 bits per heavy atom. The molecule has 0 amide bonds. The minimum Gasteiger partial charge on any atom is -0.466 e. The predicted octanol–water partition coefficient (Wildman–Crippen LogP) is 8.11. The summed E-state index contributed by atoms with van der Waals surface area (Å²) in [6, 6.07) is 0. The molecule has 0 aliphatic rings. The second kappa shape index (κ2) is 26.0. The summed E-state index contributed by atoms with van der Waals surface area (Å²) >= 11 is 0. The van der Waals surface area contributed by atoms with Crippen LogP contribution < -0.4 is 0 Å². The average Bonchev–Trinajstić information content (AvgIpc) is 2.94. The number of ether oxygens (including phenoxy) is 4. The first-order valence-corrected chi connectivity index (χ1v) is 16.1. The average molecular weight is 595 g/mol. The molecule has 0 heterocycles. The fourth-order valence-electron chi connectivity index (χ4n) is 4.28. The van der Waals surface area contributed by atoms with Crippen LogP contribution in [-0.4, -0.2) is 49.3 Å². The zero-order chi connectivity index (χ0) is 31.6. The third-order valence-electron chi connectivity index (χ3n) is 6.88.